The molecule has 0 aromatic heterocycles. The van der Waals surface area contributed by atoms with Gasteiger partial charge in [-0.15, -0.1) is 0 Å². The smallest absolute Gasteiger partial charge is 0.253 e. The van der Waals surface area contributed by atoms with E-state index in [1.807, 2.05) is 61.5 Å². The second-order valence-corrected chi connectivity index (χ2v) is 6.61. The summed E-state index contributed by atoms with van der Waals surface area (Å²) in [6.07, 6.45) is 0. The van der Waals surface area contributed by atoms with Gasteiger partial charge in [-0.05, 0) is 30.2 Å². The first-order valence-electron chi connectivity index (χ1n) is 7.92. The molecule has 1 unspecified atom stereocenters. The molecule has 1 atom stereocenters. The first-order chi connectivity index (χ1) is 12.1. The zero-order chi connectivity index (χ0) is 17.8. The Morgan fingerprint density at radius 3 is 2.16 bits per heavy atom. The molecule has 3 aromatic carbocycles. The van der Waals surface area contributed by atoms with Crippen molar-refractivity contribution in [2.24, 2.45) is 0 Å². The Labute approximate surface area is 157 Å². The molecule has 0 bridgehead atoms. The van der Waals surface area contributed by atoms with Crippen LogP contribution in [0.5, 0.6) is 0 Å². The van der Waals surface area contributed by atoms with Crippen molar-refractivity contribution in [3.63, 3.8) is 0 Å². The molecule has 3 aromatic rings. The van der Waals surface area contributed by atoms with Crippen LogP contribution < -0.4 is 5.32 Å². The SMILES string of the molecule is Cc1ccc(C(NC(=O)c2cccc(Cl)c2Cl)c2ccccc2)cc1. The maximum Gasteiger partial charge on any atom is 0.253 e. The van der Waals surface area contributed by atoms with Crippen molar-refractivity contribution >= 4 is 29.1 Å². The van der Waals surface area contributed by atoms with Crippen molar-refractivity contribution in [1.29, 1.82) is 0 Å². The van der Waals surface area contributed by atoms with E-state index in [1.54, 1.807) is 18.2 Å². The summed E-state index contributed by atoms with van der Waals surface area (Å²) in [6.45, 7) is 2.03. The van der Waals surface area contributed by atoms with Crippen LogP contribution >= 0.6 is 23.2 Å². The predicted molar refractivity (Wildman–Crippen MR) is 103 cm³/mol. The zero-order valence-corrected chi connectivity index (χ0v) is 15.2. The highest BCUT2D eigenvalue weighted by Crippen LogP contribution is 2.27. The van der Waals surface area contributed by atoms with E-state index in [4.69, 9.17) is 23.2 Å². The van der Waals surface area contributed by atoms with Crippen LogP contribution in [0.25, 0.3) is 0 Å². The molecule has 0 aliphatic carbocycles. The fourth-order valence-electron chi connectivity index (χ4n) is 2.65. The molecule has 0 saturated carbocycles. The minimum absolute atomic E-state index is 0.261. The van der Waals surface area contributed by atoms with Crippen LogP contribution in [-0.2, 0) is 0 Å². The van der Waals surface area contributed by atoms with Crippen molar-refractivity contribution in [2.45, 2.75) is 13.0 Å². The summed E-state index contributed by atoms with van der Waals surface area (Å²) in [5.41, 5.74) is 3.53. The van der Waals surface area contributed by atoms with E-state index in [2.05, 4.69) is 5.32 Å². The van der Waals surface area contributed by atoms with Gasteiger partial charge in [-0.25, -0.2) is 0 Å². The van der Waals surface area contributed by atoms with Crippen LogP contribution in [-0.4, -0.2) is 5.91 Å². The maximum atomic E-state index is 12.8. The number of nitrogens with one attached hydrogen (secondary N) is 1. The van der Waals surface area contributed by atoms with Crippen molar-refractivity contribution in [2.75, 3.05) is 0 Å². The monoisotopic (exact) mass is 369 g/mol. The van der Waals surface area contributed by atoms with Gasteiger partial charge in [0.25, 0.3) is 5.91 Å². The Morgan fingerprint density at radius 1 is 0.840 bits per heavy atom. The van der Waals surface area contributed by atoms with E-state index in [1.165, 1.54) is 5.56 Å². The summed E-state index contributed by atoms with van der Waals surface area (Å²) in [7, 11) is 0. The van der Waals surface area contributed by atoms with Gasteiger partial charge in [0.1, 0.15) is 0 Å². The van der Waals surface area contributed by atoms with Gasteiger partial charge in [-0.3, -0.25) is 4.79 Å². The average Bonchev–Trinajstić information content (AvgIpc) is 2.63. The summed E-state index contributed by atoms with van der Waals surface area (Å²) in [4.78, 5) is 12.8. The third-order valence-electron chi connectivity index (χ3n) is 4.02. The van der Waals surface area contributed by atoms with E-state index >= 15 is 0 Å². The Morgan fingerprint density at radius 2 is 1.48 bits per heavy atom. The molecule has 25 heavy (non-hydrogen) atoms. The molecule has 1 amide bonds. The zero-order valence-electron chi connectivity index (χ0n) is 13.7. The molecule has 1 N–H and O–H groups in total. The number of carbonyl (C=O) groups is 1. The topological polar surface area (TPSA) is 29.1 Å². The van der Waals surface area contributed by atoms with Crippen LogP contribution in [0.4, 0.5) is 0 Å². The number of benzene rings is 3. The van der Waals surface area contributed by atoms with Crippen molar-refractivity contribution in [1.82, 2.24) is 5.32 Å². The highest BCUT2D eigenvalue weighted by molar-refractivity contribution is 6.43. The summed E-state index contributed by atoms with van der Waals surface area (Å²) >= 11 is 12.2. The van der Waals surface area contributed by atoms with E-state index in [0.717, 1.165) is 11.1 Å². The molecule has 3 rings (SSSR count). The first kappa shape index (κ1) is 17.5. The van der Waals surface area contributed by atoms with E-state index in [-0.39, 0.29) is 17.0 Å². The lowest BCUT2D eigenvalue weighted by Crippen LogP contribution is -2.29. The lowest BCUT2D eigenvalue weighted by Gasteiger charge is -2.20. The van der Waals surface area contributed by atoms with Crippen LogP contribution in [0.1, 0.15) is 33.1 Å². The number of aryl methyl sites for hydroxylation is 1. The van der Waals surface area contributed by atoms with Gasteiger partial charge >= 0.3 is 0 Å². The molecule has 4 heteroatoms. The third-order valence-corrected chi connectivity index (χ3v) is 4.83. The largest absolute Gasteiger partial charge is 0.341 e. The first-order valence-corrected chi connectivity index (χ1v) is 8.68. The van der Waals surface area contributed by atoms with Crippen molar-refractivity contribution in [3.8, 4) is 0 Å². The molecule has 0 aliphatic heterocycles. The Hall–Kier alpha value is -2.29. The quantitative estimate of drug-likeness (QED) is 0.616. The number of hydrogen-bond acceptors (Lipinski definition) is 1. The Bertz CT molecular complexity index is 876. The maximum absolute atomic E-state index is 12.8. The highest BCUT2D eigenvalue weighted by Gasteiger charge is 2.20. The standard InChI is InChI=1S/C21H17Cl2NO/c1-14-10-12-16(13-11-14)20(15-6-3-2-4-7-15)24-21(25)17-8-5-9-18(22)19(17)23/h2-13,20H,1H3,(H,24,25). The molecule has 0 radical (unpaired) electrons. The summed E-state index contributed by atoms with van der Waals surface area (Å²) in [5, 5.41) is 3.69. The minimum Gasteiger partial charge on any atom is -0.341 e. The predicted octanol–water partition coefficient (Wildman–Crippen LogP) is 5.82. The van der Waals surface area contributed by atoms with Gasteiger partial charge in [0, 0.05) is 0 Å². The Balaban J connectivity index is 1.96. The lowest BCUT2D eigenvalue weighted by atomic mass is 9.97. The summed E-state index contributed by atoms with van der Waals surface area (Å²) < 4.78 is 0. The fourth-order valence-corrected chi connectivity index (χ4v) is 3.04. The second-order valence-electron chi connectivity index (χ2n) is 5.83. The van der Waals surface area contributed by atoms with Crippen LogP contribution in [0.3, 0.4) is 0 Å². The molecule has 0 fully saturated rings. The van der Waals surface area contributed by atoms with Gasteiger partial charge in [0.15, 0.2) is 0 Å². The number of hydrogen-bond donors (Lipinski definition) is 1. The second kappa shape index (κ2) is 7.73. The van der Waals surface area contributed by atoms with Crippen LogP contribution in [0, 0.1) is 6.92 Å². The van der Waals surface area contributed by atoms with Crippen LogP contribution in [0.2, 0.25) is 10.0 Å². The normalized spacial score (nSPS) is 11.8. The highest BCUT2D eigenvalue weighted by atomic mass is 35.5. The molecule has 126 valence electrons. The van der Waals surface area contributed by atoms with E-state index in [9.17, 15) is 4.79 Å². The number of carbonyl (C=O) groups excluding carboxylic acids is 1. The van der Waals surface area contributed by atoms with E-state index in [0.29, 0.717) is 10.6 Å². The molecule has 0 aliphatic rings. The summed E-state index contributed by atoms with van der Waals surface area (Å²) in [5.74, 6) is -0.262. The average molecular weight is 370 g/mol. The molecule has 0 saturated heterocycles. The molecule has 0 heterocycles. The van der Waals surface area contributed by atoms with E-state index < -0.39 is 0 Å². The number of amides is 1. The van der Waals surface area contributed by atoms with Gasteiger partial charge < -0.3 is 5.32 Å². The van der Waals surface area contributed by atoms with Gasteiger partial charge in [-0.2, -0.15) is 0 Å². The lowest BCUT2D eigenvalue weighted by molar-refractivity contribution is 0.0943. The number of rotatable bonds is 4. The summed E-state index contributed by atoms with van der Waals surface area (Å²) in [6, 6.07) is 22.7. The molecule has 2 nitrogen and oxygen atoms in total. The van der Waals surface area contributed by atoms with Crippen molar-refractivity contribution < 1.29 is 4.79 Å². The van der Waals surface area contributed by atoms with Crippen LogP contribution in [0.15, 0.2) is 72.8 Å². The van der Waals surface area contributed by atoms with Gasteiger partial charge in [-0.1, -0.05) is 89.4 Å². The van der Waals surface area contributed by atoms with Crippen molar-refractivity contribution in [3.05, 3.63) is 105 Å². The van der Waals surface area contributed by atoms with Gasteiger partial charge in [0.2, 0.25) is 0 Å². The molecular weight excluding hydrogens is 353 g/mol. The Kier molecular flexibility index (Phi) is 5.42. The molecular formula is C21H17Cl2NO. The number of halogens is 2. The third kappa shape index (κ3) is 4.04. The van der Waals surface area contributed by atoms with Gasteiger partial charge in [0.05, 0.1) is 21.7 Å². The minimum atomic E-state index is -0.274. The fraction of sp³-hybridized carbons (Fsp3) is 0.0952. The molecule has 0 spiro atoms.